The second-order valence-corrected chi connectivity index (χ2v) is 3.74. The minimum atomic E-state index is -0.419. The highest BCUT2D eigenvalue weighted by molar-refractivity contribution is 5.37. The van der Waals surface area contributed by atoms with Crippen LogP contribution in [0.3, 0.4) is 0 Å². The van der Waals surface area contributed by atoms with Gasteiger partial charge in [0.1, 0.15) is 0 Å². The van der Waals surface area contributed by atoms with Gasteiger partial charge in [0.2, 0.25) is 0 Å². The molecule has 2 N–H and O–H groups in total. The van der Waals surface area contributed by atoms with Gasteiger partial charge in [0.25, 0.3) is 5.69 Å². The van der Waals surface area contributed by atoms with E-state index in [2.05, 4.69) is 0 Å². The van der Waals surface area contributed by atoms with Crippen molar-refractivity contribution in [2.45, 2.75) is 6.04 Å². The normalized spacial score (nSPS) is 12.1. The van der Waals surface area contributed by atoms with Crippen molar-refractivity contribution in [1.82, 2.24) is 0 Å². The zero-order chi connectivity index (χ0) is 12.3. The Morgan fingerprint density at radius 3 is 2.00 bits per heavy atom. The lowest BCUT2D eigenvalue weighted by Crippen LogP contribution is -2.11. The summed E-state index contributed by atoms with van der Waals surface area (Å²) < 4.78 is 0. The van der Waals surface area contributed by atoms with Gasteiger partial charge in [0, 0.05) is 12.1 Å². The van der Waals surface area contributed by atoms with E-state index in [-0.39, 0.29) is 11.7 Å². The van der Waals surface area contributed by atoms with Gasteiger partial charge in [-0.2, -0.15) is 0 Å². The first-order chi connectivity index (χ1) is 8.18. The molecule has 2 aromatic rings. The molecular formula is C13H12N2O2. The fourth-order valence-electron chi connectivity index (χ4n) is 1.66. The zero-order valence-electron chi connectivity index (χ0n) is 9.11. The highest BCUT2D eigenvalue weighted by Crippen LogP contribution is 2.21. The predicted molar refractivity (Wildman–Crippen MR) is 65.6 cm³/mol. The summed E-state index contributed by atoms with van der Waals surface area (Å²) in [5.74, 6) is 0. The van der Waals surface area contributed by atoms with Crippen LogP contribution in [0.15, 0.2) is 54.6 Å². The first-order valence-corrected chi connectivity index (χ1v) is 5.23. The van der Waals surface area contributed by atoms with E-state index in [1.807, 2.05) is 30.3 Å². The maximum absolute atomic E-state index is 10.5. The van der Waals surface area contributed by atoms with Crippen LogP contribution in [-0.4, -0.2) is 4.92 Å². The molecule has 0 aliphatic heterocycles. The van der Waals surface area contributed by atoms with E-state index >= 15 is 0 Å². The molecule has 0 aromatic heterocycles. The molecule has 17 heavy (non-hydrogen) atoms. The Morgan fingerprint density at radius 2 is 1.47 bits per heavy atom. The third-order valence-corrected chi connectivity index (χ3v) is 2.62. The molecule has 0 saturated carbocycles. The fraction of sp³-hybridized carbons (Fsp3) is 0.0769. The maximum atomic E-state index is 10.5. The van der Waals surface area contributed by atoms with Gasteiger partial charge >= 0.3 is 0 Å². The molecule has 0 radical (unpaired) electrons. The number of hydrogen-bond donors (Lipinski definition) is 1. The van der Waals surface area contributed by atoms with Gasteiger partial charge in [0.05, 0.1) is 11.0 Å². The number of nitro benzene ring substituents is 1. The molecule has 4 nitrogen and oxygen atoms in total. The Morgan fingerprint density at radius 1 is 0.941 bits per heavy atom. The quantitative estimate of drug-likeness (QED) is 0.648. The highest BCUT2D eigenvalue weighted by atomic mass is 16.6. The van der Waals surface area contributed by atoms with Gasteiger partial charge in [-0.05, 0) is 11.1 Å². The summed E-state index contributed by atoms with van der Waals surface area (Å²) in [7, 11) is 0. The summed E-state index contributed by atoms with van der Waals surface area (Å²) in [6.07, 6.45) is 0. The van der Waals surface area contributed by atoms with Gasteiger partial charge in [-0.15, -0.1) is 0 Å². The van der Waals surface area contributed by atoms with Crippen molar-refractivity contribution in [3.63, 3.8) is 0 Å². The average molecular weight is 228 g/mol. The molecule has 2 aromatic carbocycles. The Kier molecular flexibility index (Phi) is 3.16. The number of rotatable bonds is 3. The SMILES string of the molecule is N[C@@H](c1ccccc1)c1ccc([N+](=O)[O-])cc1. The van der Waals surface area contributed by atoms with Crippen molar-refractivity contribution in [3.05, 3.63) is 75.8 Å². The van der Waals surface area contributed by atoms with Crippen molar-refractivity contribution in [2.75, 3.05) is 0 Å². The van der Waals surface area contributed by atoms with Crippen LogP contribution >= 0.6 is 0 Å². The Hall–Kier alpha value is -2.20. The lowest BCUT2D eigenvalue weighted by molar-refractivity contribution is -0.384. The van der Waals surface area contributed by atoms with Gasteiger partial charge in [-0.1, -0.05) is 42.5 Å². The lowest BCUT2D eigenvalue weighted by atomic mass is 10.00. The van der Waals surface area contributed by atoms with E-state index in [1.165, 1.54) is 12.1 Å². The van der Waals surface area contributed by atoms with Crippen LogP contribution in [0, 0.1) is 10.1 Å². The number of non-ortho nitro benzene ring substituents is 1. The largest absolute Gasteiger partial charge is 0.320 e. The molecule has 0 spiro atoms. The molecule has 4 heteroatoms. The third kappa shape index (κ3) is 2.49. The topological polar surface area (TPSA) is 69.2 Å². The molecule has 0 amide bonds. The highest BCUT2D eigenvalue weighted by Gasteiger charge is 2.10. The summed E-state index contributed by atoms with van der Waals surface area (Å²) in [5, 5.41) is 10.5. The van der Waals surface area contributed by atoms with Crippen molar-refractivity contribution in [3.8, 4) is 0 Å². The molecule has 0 heterocycles. The van der Waals surface area contributed by atoms with E-state index in [0.29, 0.717) is 0 Å². The summed E-state index contributed by atoms with van der Waals surface area (Å²) >= 11 is 0. The van der Waals surface area contributed by atoms with Gasteiger partial charge in [0.15, 0.2) is 0 Å². The Labute approximate surface area is 98.8 Å². The van der Waals surface area contributed by atoms with E-state index in [0.717, 1.165) is 11.1 Å². The van der Waals surface area contributed by atoms with Crippen LogP contribution < -0.4 is 5.73 Å². The van der Waals surface area contributed by atoms with E-state index in [4.69, 9.17) is 5.73 Å². The number of nitrogens with zero attached hydrogens (tertiary/aromatic N) is 1. The van der Waals surface area contributed by atoms with E-state index < -0.39 is 4.92 Å². The van der Waals surface area contributed by atoms with Crippen molar-refractivity contribution in [2.24, 2.45) is 5.73 Å². The molecule has 0 unspecified atom stereocenters. The van der Waals surface area contributed by atoms with Crippen LogP contribution in [0.4, 0.5) is 5.69 Å². The van der Waals surface area contributed by atoms with Crippen LogP contribution in [0.25, 0.3) is 0 Å². The van der Waals surface area contributed by atoms with Crippen LogP contribution in [-0.2, 0) is 0 Å². The number of nitro groups is 1. The number of nitrogens with two attached hydrogens (primary N) is 1. The van der Waals surface area contributed by atoms with Crippen LogP contribution in [0.2, 0.25) is 0 Å². The van der Waals surface area contributed by atoms with Crippen molar-refractivity contribution in [1.29, 1.82) is 0 Å². The number of hydrogen-bond acceptors (Lipinski definition) is 3. The molecular weight excluding hydrogens is 216 g/mol. The average Bonchev–Trinajstić information content (AvgIpc) is 2.39. The van der Waals surface area contributed by atoms with E-state index in [1.54, 1.807) is 12.1 Å². The van der Waals surface area contributed by atoms with Crippen LogP contribution in [0.5, 0.6) is 0 Å². The summed E-state index contributed by atoms with van der Waals surface area (Å²) in [6.45, 7) is 0. The van der Waals surface area contributed by atoms with Crippen molar-refractivity contribution >= 4 is 5.69 Å². The number of benzene rings is 2. The van der Waals surface area contributed by atoms with Crippen LogP contribution in [0.1, 0.15) is 17.2 Å². The molecule has 0 fully saturated rings. The minimum absolute atomic E-state index is 0.0778. The van der Waals surface area contributed by atoms with Gasteiger partial charge < -0.3 is 5.73 Å². The Balaban J connectivity index is 2.26. The van der Waals surface area contributed by atoms with Gasteiger partial charge in [-0.25, -0.2) is 0 Å². The monoisotopic (exact) mass is 228 g/mol. The molecule has 86 valence electrons. The maximum Gasteiger partial charge on any atom is 0.269 e. The zero-order valence-corrected chi connectivity index (χ0v) is 9.11. The molecule has 0 bridgehead atoms. The Bertz CT molecular complexity index is 509. The minimum Gasteiger partial charge on any atom is -0.320 e. The molecule has 0 saturated heterocycles. The van der Waals surface area contributed by atoms with Crippen molar-refractivity contribution < 1.29 is 4.92 Å². The molecule has 1 atom stereocenters. The van der Waals surface area contributed by atoms with Gasteiger partial charge in [-0.3, -0.25) is 10.1 Å². The smallest absolute Gasteiger partial charge is 0.269 e. The molecule has 2 rings (SSSR count). The lowest BCUT2D eigenvalue weighted by Gasteiger charge is -2.11. The predicted octanol–water partition coefficient (Wildman–Crippen LogP) is 2.64. The summed E-state index contributed by atoms with van der Waals surface area (Å²) in [6, 6.07) is 15.7. The first-order valence-electron chi connectivity index (χ1n) is 5.23. The third-order valence-electron chi connectivity index (χ3n) is 2.62. The first kappa shape index (κ1) is 11.3. The molecule has 0 aliphatic carbocycles. The second-order valence-electron chi connectivity index (χ2n) is 3.74. The summed E-state index contributed by atoms with van der Waals surface area (Å²) in [5.41, 5.74) is 8.00. The summed E-state index contributed by atoms with van der Waals surface area (Å²) in [4.78, 5) is 10.1. The molecule has 0 aliphatic rings. The second kappa shape index (κ2) is 4.76. The fourth-order valence-corrected chi connectivity index (χ4v) is 1.66. The van der Waals surface area contributed by atoms with E-state index in [9.17, 15) is 10.1 Å². The standard InChI is InChI=1S/C13H12N2O2/c14-13(10-4-2-1-3-5-10)11-6-8-12(9-7-11)15(16)17/h1-9,13H,14H2/t13-/m0/s1.